The van der Waals surface area contributed by atoms with E-state index in [0.717, 1.165) is 6.42 Å². The summed E-state index contributed by atoms with van der Waals surface area (Å²) in [6.45, 7) is 0.914. The van der Waals surface area contributed by atoms with E-state index in [0.29, 0.717) is 36.2 Å². The van der Waals surface area contributed by atoms with Crippen LogP contribution in [-0.2, 0) is 14.8 Å². The first-order chi connectivity index (χ1) is 15.0. The molecule has 0 atom stereocenters. The minimum absolute atomic E-state index is 0.0464. The molecule has 2 aromatic heterocycles. The van der Waals surface area contributed by atoms with Gasteiger partial charge in [-0.25, -0.2) is 27.8 Å². The topological polar surface area (TPSA) is 137 Å². The van der Waals surface area contributed by atoms with Gasteiger partial charge in [-0.2, -0.15) is 5.10 Å². The van der Waals surface area contributed by atoms with Crippen LogP contribution in [0.3, 0.4) is 0 Å². The number of ether oxygens (including phenoxy) is 2. The zero-order valence-corrected chi connectivity index (χ0v) is 17.2. The lowest BCUT2D eigenvalue weighted by atomic mass is 10.3. The number of pyridine rings is 1. The molecular formula is C19H20N6O5S. The van der Waals surface area contributed by atoms with Crippen molar-refractivity contribution in [1.29, 1.82) is 0 Å². The molecular weight excluding hydrogens is 424 g/mol. The maximum absolute atomic E-state index is 12.5. The number of hydrogen-bond donors (Lipinski definition) is 2. The number of aromatic nitrogens is 4. The number of nitrogens with one attached hydrogen (secondary N) is 2. The highest BCUT2D eigenvalue weighted by Gasteiger charge is 2.19. The lowest BCUT2D eigenvalue weighted by molar-refractivity contribution is -0.116. The van der Waals surface area contributed by atoms with Crippen molar-refractivity contribution in [2.24, 2.45) is 0 Å². The summed E-state index contributed by atoms with van der Waals surface area (Å²) in [4.78, 5) is 20.2. The molecule has 3 aromatic rings. The van der Waals surface area contributed by atoms with Gasteiger partial charge in [0.15, 0.2) is 17.3 Å². The fourth-order valence-corrected chi connectivity index (χ4v) is 3.89. The molecule has 1 aliphatic rings. The summed E-state index contributed by atoms with van der Waals surface area (Å²) in [5, 5.41) is 6.64. The number of sulfonamides is 1. The maximum Gasteiger partial charge on any atom is 0.240 e. The zero-order valence-electron chi connectivity index (χ0n) is 16.4. The van der Waals surface area contributed by atoms with Crippen molar-refractivity contribution in [3.8, 4) is 17.3 Å². The first-order valence-electron chi connectivity index (χ1n) is 9.51. The highest BCUT2D eigenvalue weighted by Crippen LogP contribution is 2.31. The molecule has 11 nitrogen and oxygen atoms in total. The second-order valence-electron chi connectivity index (χ2n) is 6.60. The van der Waals surface area contributed by atoms with Gasteiger partial charge in [0.2, 0.25) is 15.9 Å². The zero-order chi connectivity index (χ0) is 21.7. The Bertz CT molecular complexity index is 1150. The van der Waals surface area contributed by atoms with E-state index in [1.165, 1.54) is 35.7 Å². The van der Waals surface area contributed by atoms with E-state index >= 15 is 0 Å². The monoisotopic (exact) mass is 444 g/mol. The van der Waals surface area contributed by atoms with Crippen molar-refractivity contribution in [3.05, 3.63) is 49.2 Å². The van der Waals surface area contributed by atoms with Crippen molar-refractivity contribution in [2.45, 2.75) is 17.7 Å². The molecule has 1 amide bonds. The standard InChI is InChI=1S/C19H20N6O5S/c26-19(24-14-2-5-18(21-11-14)25-13-20-12-22-25)6-7-23-31(27,28)15-3-4-16-17(10-15)30-9-1-8-29-16/h2-5,10-13,23H,1,6-9H2,(H,24,26). The summed E-state index contributed by atoms with van der Waals surface area (Å²) in [5.41, 5.74) is 0.486. The lowest BCUT2D eigenvalue weighted by Crippen LogP contribution is -2.28. The minimum atomic E-state index is -3.80. The Labute approximate surface area is 178 Å². The summed E-state index contributed by atoms with van der Waals surface area (Å²) in [5.74, 6) is 1.11. The first kappa shape index (κ1) is 20.8. The quantitative estimate of drug-likeness (QED) is 0.553. The maximum atomic E-state index is 12.5. The molecule has 0 unspecified atom stereocenters. The predicted octanol–water partition coefficient (Wildman–Crippen LogP) is 1.13. The highest BCUT2D eigenvalue weighted by molar-refractivity contribution is 7.89. The van der Waals surface area contributed by atoms with Gasteiger partial charge < -0.3 is 14.8 Å². The van der Waals surface area contributed by atoms with Crippen LogP contribution in [0.4, 0.5) is 5.69 Å². The molecule has 162 valence electrons. The third-order valence-electron chi connectivity index (χ3n) is 4.36. The van der Waals surface area contributed by atoms with Gasteiger partial charge in [-0.05, 0) is 24.3 Å². The molecule has 2 N–H and O–H groups in total. The van der Waals surface area contributed by atoms with Crippen molar-refractivity contribution in [2.75, 3.05) is 25.1 Å². The van der Waals surface area contributed by atoms with Crippen LogP contribution in [-0.4, -0.2) is 53.8 Å². The van der Waals surface area contributed by atoms with Crippen LogP contribution in [0.25, 0.3) is 5.82 Å². The first-order valence-corrected chi connectivity index (χ1v) is 11.0. The van der Waals surface area contributed by atoms with Crippen LogP contribution in [0, 0.1) is 0 Å². The van der Waals surface area contributed by atoms with Gasteiger partial charge in [-0.3, -0.25) is 4.79 Å². The summed E-state index contributed by atoms with van der Waals surface area (Å²) in [7, 11) is -3.80. The molecule has 12 heteroatoms. The van der Waals surface area contributed by atoms with Gasteiger partial charge in [0, 0.05) is 25.5 Å². The second-order valence-corrected chi connectivity index (χ2v) is 8.37. The smallest absolute Gasteiger partial charge is 0.240 e. The van der Waals surface area contributed by atoms with Crippen molar-refractivity contribution >= 4 is 21.6 Å². The lowest BCUT2D eigenvalue weighted by Gasteiger charge is -2.11. The number of carbonyl (C=O) groups excluding carboxylic acids is 1. The average molecular weight is 444 g/mol. The third-order valence-corrected chi connectivity index (χ3v) is 5.82. The molecule has 0 fully saturated rings. The second kappa shape index (κ2) is 9.10. The van der Waals surface area contributed by atoms with E-state index in [1.807, 2.05) is 0 Å². The van der Waals surface area contributed by atoms with Crippen molar-refractivity contribution < 1.29 is 22.7 Å². The van der Waals surface area contributed by atoms with E-state index in [2.05, 4.69) is 25.1 Å². The Morgan fingerprint density at radius 2 is 1.97 bits per heavy atom. The molecule has 4 rings (SSSR count). The van der Waals surface area contributed by atoms with Gasteiger partial charge in [0.1, 0.15) is 12.7 Å². The van der Waals surface area contributed by atoms with E-state index in [4.69, 9.17) is 9.47 Å². The molecule has 0 radical (unpaired) electrons. The van der Waals surface area contributed by atoms with Crippen molar-refractivity contribution in [3.63, 3.8) is 0 Å². The van der Waals surface area contributed by atoms with Crippen LogP contribution >= 0.6 is 0 Å². The SMILES string of the molecule is O=C(CCNS(=O)(=O)c1ccc2c(c1)OCCCO2)Nc1ccc(-n2cncn2)nc1. The Hall–Kier alpha value is -3.51. The van der Waals surface area contributed by atoms with Crippen LogP contribution in [0.1, 0.15) is 12.8 Å². The molecule has 0 saturated heterocycles. The number of amides is 1. The van der Waals surface area contributed by atoms with Crippen molar-refractivity contribution in [1.82, 2.24) is 24.5 Å². The van der Waals surface area contributed by atoms with Gasteiger partial charge in [-0.1, -0.05) is 0 Å². The van der Waals surface area contributed by atoms with Crippen LogP contribution in [0.2, 0.25) is 0 Å². The Kier molecular flexibility index (Phi) is 6.09. The highest BCUT2D eigenvalue weighted by atomic mass is 32.2. The fraction of sp³-hybridized carbons (Fsp3) is 0.263. The fourth-order valence-electron chi connectivity index (χ4n) is 2.84. The number of anilines is 1. The van der Waals surface area contributed by atoms with E-state index in [1.54, 1.807) is 18.2 Å². The van der Waals surface area contributed by atoms with E-state index < -0.39 is 10.0 Å². The predicted molar refractivity (Wildman–Crippen MR) is 110 cm³/mol. The summed E-state index contributed by atoms with van der Waals surface area (Å²) in [6, 6.07) is 7.78. The van der Waals surface area contributed by atoms with E-state index in [9.17, 15) is 13.2 Å². The Morgan fingerprint density at radius 3 is 2.71 bits per heavy atom. The van der Waals surface area contributed by atoms with Gasteiger partial charge in [0.05, 0.1) is 30.0 Å². The number of hydrogen-bond acceptors (Lipinski definition) is 8. The Balaban J connectivity index is 1.30. The molecule has 1 aliphatic heterocycles. The summed E-state index contributed by atoms with van der Waals surface area (Å²) in [6.07, 6.45) is 5.06. The molecule has 1 aromatic carbocycles. The minimum Gasteiger partial charge on any atom is -0.490 e. The molecule has 0 bridgehead atoms. The van der Waals surface area contributed by atoms with Gasteiger partial charge in [-0.15, -0.1) is 0 Å². The number of fused-ring (bicyclic) bond motifs is 1. The third kappa shape index (κ3) is 5.16. The number of carbonyl (C=O) groups is 1. The molecule has 31 heavy (non-hydrogen) atoms. The molecule has 3 heterocycles. The molecule has 0 aliphatic carbocycles. The van der Waals surface area contributed by atoms with Crippen LogP contribution < -0.4 is 19.5 Å². The van der Waals surface area contributed by atoms with E-state index in [-0.39, 0.29) is 23.8 Å². The summed E-state index contributed by atoms with van der Waals surface area (Å²) >= 11 is 0. The number of nitrogens with zero attached hydrogens (tertiary/aromatic N) is 4. The van der Waals surface area contributed by atoms with Gasteiger partial charge in [0.25, 0.3) is 0 Å². The van der Waals surface area contributed by atoms with Gasteiger partial charge >= 0.3 is 0 Å². The number of rotatable bonds is 7. The molecule has 0 saturated carbocycles. The largest absolute Gasteiger partial charge is 0.490 e. The average Bonchev–Trinajstić information content (AvgIpc) is 3.19. The van der Waals surface area contributed by atoms with Crippen LogP contribution in [0.5, 0.6) is 11.5 Å². The number of benzene rings is 1. The normalized spacial score (nSPS) is 13.4. The Morgan fingerprint density at radius 1 is 1.13 bits per heavy atom. The molecule has 0 spiro atoms. The van der Waals surface area contributed by atoms with Crippen LogP contribution in [0.15, 0.2) is 54.1 Å². The summed E-state index contributed by atoms with van der Waals surface area (Å²) < 4.78 is 40.0.